The van der Waals surface area contributed by atoms with Crippen LogP contribution in [0, 0.1) is 6.92 Å². The molecular weight excluding hydrogens is 358 g/mol. The van der Waals surface area contributed by atoms with Gasteiger partial charge in [0.05, 0.1) is 0 Å². The molecule has 4 heterocycles. The minimum absolute atomic E-state index is 0.571. The summed E-state index contributed by atoms with van der Waals surface area (Å²) in [5, 5.41) is 4.86. The molecule has 2 aliphatic rings. The summed E-state index contributed by atoms with van der Waals surface area (Å²) in [5.41, 5.74) is 6.52. The monoisotopic (exact) mass is 389 g/mol. The van der Waals surface area contributed by atoms with Crippen molar-refractivity contribution in [1.82, 2.24) is 19.8 Å². The predicted molar refractivity (Wildman–Crippen MR) is 120 cm³/mol. The molecule has 5 nitrogen and oxygen atoms in total. The number of pyridine rings is 1. The Hall–Kier alpha value is -2.37. The smallest absolute Gasteiger partial charge is 0.0481 e. The Morgan fingerprint density at radius 1 is 1.10 bits per heavy atom. The zero-order chi connectivity index (χ0) is 19.8. The first kappa shape index (κ1) is 18.6. The lowest BCUT2D eigenvalue weighted by atomic mass is 10.0. The minimum atomic E-state index is 0.571. The van der Waals surface area contributed by atoms with Crippen molar-refractivity contribution in [3.63, 3.8) is 0 Å². The van der Waals surface area contributed by atoms with Crippen molar-refractivity contribution in [1.29, 1.82) is 0 Å². The second-order valence-electron chi connectivity index (χ2n) is 8.63. The number of hydrogen-bond donors (Lipinski definition) is 1. The molecule has 0 bridgehead atoms. The highest BCUT2D eigenvalue weighted by atomic mass is 15.3. The van der Waals surface area contributed by atoms with Crippen molar-refractivity contribution in [2.45, 2.75) is 25.8 Å². The van der Waals surface area contributed by atoms with E-state index in [0.29, 0.717) is 5.92 Å². The fourth-order valence-electron chi connectivity index (χ4n) is 4.93. The molecule has 29 heavy (non-hydrogen) atoms. The predicted octanol–water partition coefficient (Wildman–Crippen LogP) is 3.28. The molecule has 2 aromatic heterocycles. The van der Waals surface area contributed by atoms with Gasteiger partial charge in [-0.05, 0) is 43.7 Å². The van der Waals surface area contributed by atoms with Gasteiger partial charge in [0.1, 0.15) is 0 Å². The van der Waals surface area contributed by atoms with Gasteiger partial charge in [0.15, 0.2) is 0 Å². The molecule has 0 radical (unpaired) electrons. The second kappa shape index (κ2) is 7.81. The lowest BCUT2D eigenvalue weighted by molar-refractivity contribution is 0.250. The number of piperazine rings is 1. The van der Waals surface area contributed by atoms with E-state index in [1.807, 2.05) is 0 Å². The van der Waals surface area contributed by atoms with Crippen LogP contribution in [-0.2, 0) is 13.6 Å². The zero-order valence-electron chi connectivity index (χ0n) is 17.6. The number of aryl methyl sites for hydroxylation is 2. The standard InChI is InChI=1S/C24H31N5/c1-18-13-21(14-23(26-18)19-7-8-25-15-19)29-11-9-28(10-12-29)17-20-16-27(2)24-6-4-3-5-22(20)24/h3-6,13-14,16,19,25H,7-12,15,17H2,1-2H3. The van der Waals surface area contributed by atoms with Crippen LogP contribution in [0.4, 0.5) is 5.69 Å². The summed E-state index contributed by atoms with van der Waals surface area (Å²) in [5.74, 6) is 0.571. The van der Waals surface area contributed by atoms with Gasteiger partial charge in [-0.1, -0.05) is 18.2 Å². The van der Waals surface area contributed by atoms with Gasteiger partial charge >= 0.3 is 0 Å². The van der Waals surface area contributed by atoms with Crippen LogP contribution in [-0.4, -0.2) is 53.7 Å². The Morgan fingerprint density at radius 3 is 2.72 bits per heavy atom. The molecule has 152 valence electrons. The van der Waals surface area contributed by atoms with Crippen molar-refractivity contribution in [2.24, 2.45) is 7.05 Å². The Labute approximate surface area is 173 Å². The molecule has 1 N–H and O–H groups in total. The third-order valence-electron chi connectivity index (χ3n) is 6.55. The Kier molecular flexibility index (Phi) is 5.02. The van der Waals surface area contributed by atoms with Crippen molar-refractivity contribution in [3.8, 4) is 0 Å². The van der Waals surface area contributed by atoms with Gasteiger partial charge in [0.2, 0.25) is 0 Å². The van der Waals surface area contributed by atoms with Crippen LogP contribution in [0.25, 0.3) is 10.9 Å². The van der Waals surface area contributed by atoms with Gasteiger partial charge in [-0.25, -0.2) is 0 Å². The van der Waals surface area contributed by atoms with Crippen LogP contribution in [0.1, 0.15) is 29.3 Å². The van der Waals surface area contributed by atoms with E-state index < -0.39 is 0 Å². The van der Waals surface area contributed by atoms with E-state index in [-0.39, 0.29) is 0 Å². The zero-order valence-corrected chi connectivity index (χ0v) is 17.6. The molecular formula is C24H31N5. The van der Waals surface area contributed by atoms with Crippen molar-refractivity contribution in [3.05, 3.63) is 59.5 Å². The molecule has 0 aliphatic carbocycles. The van der Waals surface area contributed by atoms with E-state index in [0.717, 1.165) is 51.5 Å². The quantitative estimate of drug-likeness (QED) is 0.743. The van der Waals surface area contributed by atoms with Crippen molar-refractivity contribution in [2.75, 3.05) is 44.2 Å². The van der Waals surface area contributed by atoms with E-state index in [4.69, 9.17) is 4.98 Å². The molecule has 1 aromatic carbocycles. The summed E-state index contributed by atoms with van der Waals surface area (Å²) in [6.07, 6.45) is 3.50. The van der Waals surface area contributed by atoms with Gasteiger partial charge in [0, 0.05) is 86.4 Å². The van der Waals surface area contributed by atoms with E-state index in [9.17, 15) is 0 Å². The van der Waals surface area contributed by atoms with Crippen LogP contribution >= 0.6 is 0 Å². The molecule has 1 atom stereocenters. The number of benzene rings is 1. The number of aromatic nitrogens is 2. The minimum Gasteiger partial charge on any atom is -0.369 e. The Morgan fingerprint density at radius 2 is 1.93 bits per heavy atom. The summed E-state index contributed by atoms with van der Waals surface area (Å²) >= 11 is 0. The topological polar surface area (TPSA) is 36.3 Å². The van der Waals surface area contributed by atoms with Gasteiger partial charge in [-0.3, -0.25) is 9.88 Å². The van der Waals surface area contributed by atoms with Crippen LogP contribution < -0.4 is 10.2 Å². The van der Waals surface area contributed by atoms with Crippen LogP contribution in [0.15, 0.2) is 42.6 Å². The van der Waals surface area contributed by atoms with Crippen molar-refractivity contribution < 1.29 is 0 Å². The number of fused-ring (bicyclic) bond motifs is 1. The Balaban J connectivity index is 1.27. The highest BCUT2D eigenvalue weighted by molar-refractivity contribution is 5.83. The highest BCUT2D eigenvalue weighted by Gasteiger charge is 2.22. The molecule has 3 aromatic rings. The lowest BCUT2D eigenvalue weighted by Gasteiger charge is -2.36. The van der Waals surface area contributed by atoms with E-state index in [1.54, 1.807) is 0 Å². The van der Waals surface area contributed by atoms with E-state index in [2.05, 4.69) is 76.3 Å². The number of rotatable bonds is 4. The summed E-state index contributed by atoms with van der Waals surface area (Å²) in [7, 11) is 2.15. The summed E-state index contributed by atoms with van der Waals surface area (Å²) in [4.78, 5) is 9.97. The number of anilines is 1. The lowest BCUT2D eigenvalue weighted by Crippen LogP contribution is -2.46. The maximum absolute atomic E-state index is 4.83. The average Bonchev–Trinajstić information content (AvgIpc) is 3.38. The van der Waals surface area contributed by atoms with E-state index in [1.165, 1.54) is 34.3 Å². The SMILES string of the molecule is Cc1cc(N2CCN(Cc3cn(C)c4ccccc34)CC2)cc(C2CCNC2)n1. The van der Waals surface area contributed by atoms with Gasteiger partial charge < -0.3 is 14.8 Å². The van der Waals surface area contributed by atoms with Gasteiger partial charge in [0.25, 0.3) is 0 Å². The molecule has 2 aliphatic heterocycles. The number of para-hydroxylation sites is 1. The fraction of sp³-hybridized carbons (Fsp3) is 0.458. The summed E-state index contributed by atoms with van der Waals surface area (Å²) < 4.78 is 2.25. The second-order valence-corrected chi connectivity index (χ2v) is 8.63. The van der Waals surface area contributed by atoms with E-state index >= 15 is 0 Å². The van der Waals surface area contributed by atoms with Crippen LogP contribution in [0.3, 0.4) is 0 Å². The number of nitrogens with one attached hydrogen (secondary N) is 1. The molecule has 2 saturated heterocycles. The summed E-state index contributed by atoms with van der Waals surface area (Å²) in [6.45, 7) is 9.70. The normalized spacial score (nSPS) is 20.6. The molecule has 0 amide bonds. The number of nitrogens with zero attached hydrogens (tertiary/aromatic N) is 4. The Bertz CT molecular complexity index is 994. The molecule has 0 saturated carbocycles. The molecule has 1 unspecified atom stereocenters. The van der Waals surface area contributed by atoms with Crippen LogP contribution in [0.2, 0.25) is 0 Å². The average molecular weight is 390 g/mol. The first-order valence-corrected chi connectivity index (χ1v) is 10.9. The third kappa shape index (κ3) is 3.77. The summed E-state index contributed by atoms with van der Waals surface area (Å²) in [6, 6.07) is 13.3. The first-order chi connectivity index (χ1) is 14.2. The highest BCUT2D eigenvalue weighted by Crippen LogP contribution is 2.27. The van der Waals surface area contributed by atoms with Gasteiger partial charge in [-0.2, -0.15) is 0 Å². The maximum Gasteiger partial charge on any atom is 0.0481 e. The first-order valence-electron chi connectivity index (χ1n) is 10.9. The fourth-order valence-corrected chi connectivity index (χ4v) is 4.93. The third-order valence-corrected chi connectivity index (χ3v) is 6.55. The maximum atomic E-state index is 4.83. The molecule has 5 rings (SSSR count). The number of hydrogen-bond acceptors (Lipinski definition) is 4. The van der Waals surface area contributed by atoms with Gasteiger partial charge in [-0.15, -0.1) is 0 Å². The molecule has 2 fully saturated rings. The molecule has 5 heteroatoms. The largest absolute Gasteiger partial charge is 0.369 e. The van der Waals surface area contributed by atoms with Crippen LogP contribution in [0.5, 0.6) is 0 Å². The molecule has 0 spiro atoms. The van der Waals surface area contributed by atoms with Crippen molar-refractivity contribution >= 4 is 16.6 Å².